The first-order valence-corrected chi connectivity index (χ1v) is 6.73. The number of carbonyl (C=O) groups is 1. The zero-order chi connectivity index (χ0) is 14.7. The molecule has 0 bridgehead atoms. The van der Waals surface area contributed by atoms with E-state index in [2.05, 4.69) is 15.2 Å². The molecule has 0 unspecified atom stereocenters. The molecule has 7 heteroatoms. The second-order valence-corrected chi connectivity index (χ2v) is 4.81. The van der Waals surface area contributed by atoms with E-state index in [0.717, 1.165) is 6.42 Å². The van der Waals surface area contributed by atoms with Crippen molar-refractivity contribution in [3.63, 3.8) is 0 Å². The SMILES string of the molecule is CN(Cc1ncn[nH]1)C(=O)c1ccc2c(c1)OCCCO2. The number of carbonyl (C=O) groups excluding carboxylic acids is 1. The molecule has 110 valence electrons. The van der Waals surface area contributed by atoms with E-state index in [1.54, 1.807) is 30.1 Å². The maximum atomic E-state index is 12.4. The fourth-order valence-electron chi connectivity index (χ4n) is 2.12. The van der Waals surface area contributed by atoms with Gasteiger partial charge in [0.1, 0.15) is 12.2 Å². The van der Waals surface area contributed by atoms with Gasteiger partial charge in [0, 0.05) is 19.0 Å². The van der Waals surface area contributed by atoms with Gasteiger partial charge in [-0.2, -0.15) is 5.10 Å². The van der Waals surface area contributed by atoms with Crippen LogP contribution in [0.25, 0.3) is 0 Å². The van der Waals surface area contributed by atoms with Gasteiger partial charge in [0.2, 0.25) is 0 Å². The Morgan fingerprint density at radius 3 is 2.90 bits per heavy atom. The number of amides is 1. The number of fused-ring (bicyclic) bond motifs is 1. The summed E-state index contributed by atoms with van der Waals surface area (Å²) in [5.41, 5.74) is 0.557. The summed E-state index contributed by atoms with van der Waals surface area (Å²) in [6.07, 6.45) is 2.25. The van der Waals surface area contributed by atoms with Crippen LogP contribution < -0.4 is 9.47 Å². The number of rotatable bonds is 3. The summed E-state index contributed by atoms with van der Waals surface area (Å²) in [7, 11) is 1.72. The molecule has 2 heterocycles. The fourth-order valence-corrected chi connectivity index (χ4v) is 2.12. The standard InChI is InChI=1S/C14H16N4O3/c1-18(8-13-15-9-16-17-13)14(19)10-3-4-11-12(7-10)21-6-2-5-20-11/h3-4,7,9H,2,5-6,8H2,1H3,(H,15,16,17). The van der Waals surface area contributed by atoms with E-state index in [9.17, 15) is 4.79 Å². The summed E-state index contributed by atoms with van der Waals surface area (Å²) in [6.45, 7) is 1.59. The molecule has 0 radical (unpaired) electrons. The van der Waals surface area contributed by atoms with Crippen LogP contribution in [-0.4, -0.2) is 46.2 Å². The molecule has 2 aromatic rings. The maximum absolute atomic E-state index is 12.4. The summed E-state index contributed by atoms with van der Waals surface area (Å²) < 4.78 is 11.2. The van der Waals surface area contributed by atoms with Gasteiger partial charge in [0.25, 0.3) is 5.91 Å². The van der Waals surface area contributed by atoms with E-state index < -0.39 is 0 Å². The number of hydrogen-bond donors (Lipinski definition) is 1. The lowest BCUT2D eigenvalue weighted by atomic mass is 10.1. The third kappa shape index (κ3) is 2.96. The molecule has 0 saturated heterocycles. The number of benzene rings is 1. The molecular formula is C14H16N4O3. The zero-order valence-corrected chi connectivity index (χ0v) is 11.7. The van der Waals surface area contributed by atoms with Crippen molar-refractivity contribution in [2.24, 2.45) is 0 Å². The number of nitrogens with one attached hydrogen (secondary N) is 1. The van der Waals surface area contributed by atoms with Crippen molar-refractivity contribution < 1.29 is 14.3 Å². The molecule has 0 aliphatic carbocycles. The molecule has 0 spiro atoms. The fraction of sp³-hybridized carbons (Fsp3) is 0.357. The predicted molar refractivity (Wildman–Crippen MR) is 74.2 cm³/mol. The monoisotopic (exact) mass is 288 g/mol. The Kier molecular flexibility index (Phi) is 3.72. The van der Waals surface area contributed by atoms with Crippen molar-refractivity contribution in [2.45, 2.75) is 13.0 Å². The normalized spacial score (nSPS) is 13.6. The molecule has 1 aliphatic rings. The molecule has 0 atom stereocenters. The van der Waals surface area contributed by atoms with Crippen molar-refractivity contribution in [3.05, 3.63) is 35.9 Å². The molecule has 7 nitrogen and oxygen atoms in total. The Morgan fingerprint density at radius 1 is 1.33 bits per heavy atom. The summed E-state index contributed by atoms with van der Waals surface area (Å²) in [6, 6.07) is 5.24. The zero-order valence-electron chi connectivity index (χ0n) is 11.7. The van der Waals surface area contributed by atoms with Crippen LogP contribution in [0.5, 0.6) is 11.5 Å². The summed E-state index contributed by atoms with van der Waals surface area (Å²) >= 11 is 0. The van der Waals surface area contributed by atoms with Gasteiger partial charge in [-0.1, -0.05) is 0 Å². The molecule has 1 amide bonds. The third-order valence-corrected chi connectivity index (χ3v) is 3.19. The third-order valence-electron chi connectivity index (χ3n) is 3.19. The van der Waals surface area contributed by atoms with Crippen LogP contribution in [0.4, 0.5) is 0 Å². The van der Waals surface area contributed by atoms with Crippen molar-refractivity contribution >= 4 is 5.91 Å². The molecule has 1 aliphatic heterocycles. The summed E-state index contributed by atoms with van der Waals surface area (Å²) in [5, 5.41) is 6.50. The van der Waals surface area contributed by atoms with Crippen LogP contribution in [0.2, 0.25) is 0 Å². The Bertz CT molecular complexity index is 627. The van der Waals surface area contributed by atoms with Crippen molar-refractivity contribution in [2.75, 3.05) is 20.3 Å². The number of ether oxygens (including phenoxy) is 2. The minimum absolute atomic E-state index is 0.109. The average Bonchev–Trinajstić information content (AvgIpc) is 2.89. The van der Waals surface area contributed by atoms with Crippen molar-refractivity contribution in [1.82, 2.24) is 20.1 Å². The smallest absolute Gasteiger partial charge is 0.254 e. The maximum Gasteiger partial charge on any atom is 0.254 e. The Balaban J connectivity index is 1.76. The van der Waals surface area contributed by atoms with Crippen LogP contribution in [-0.2, 0) is 6.54 Å². The van der Waals surface area contributed by atoms with E-state index in [0.29, 0.717) is 42.6 Å². The van der Waals surface area contributed by atoms with Gasteiger partial charge in [-0.05, 0) is 18.2 Å². The summed E-state index contributed by atoms with van der Waals surface area (Å²) in [5.74, 6) is 1.83. The van der Waals surface area contributed by atoms with Crippen LogP contribution in [0, 0.1) is 0 Å². The van der Waals surface area contributed by atoms with Gasteiger partial charge in [-0.15, -0.1) is 0 Å². The molecule has 0 saturated carbocycles. The van der Waals surface area contributed by atoms with Gasteiger partial charge in [-0.25, -0.2) is 4.98 Å². The first-order chi connectivity index (χ1) is 10.2. The van der Waals surface area contributed by atoms with E-state index >= 15 is 0 Å². The highest BCUT2D eigenvalue weighted by molar-refractivity contribution is 5.94. The van der Waals surface area contributed by atoms with Crippen LogP contribution in [0.1, 0.15) is 22.6 Å². The lowest BCUT2D eigenvalue weighted by molar-refractivity contribution is 0.0781. The van der Waals surface area contributed by atoms with E-state index in [1.807, 2.05) is 0 Å². The lowest BCUT2D eigenvalue weighted by Gasteiger charge is -2.16. The Labute approximate surface area is 121 Å². The van der Waals surface area contributed by atoms with Gasteiger partial charge >= 0.3 is 0 Å². The molecular weight excluding hydrogens is 272 g/mol. The number of aromatic amines is 1. The van der Waals surface area contributed by atoms with E-state index in [4.69, 9.17) is 9.47 Å². The Hall–Kier alpha value is -2.57. The van der Waals surface area contributed by atoms with Crippen molar-refractivity contribution in [3.8, 4) is 11.5 Å². The van der Waals surface area contributed by atoms with Gasteiger partial charge in [0.15, 0.2) is 11.5 Å². The molecule has 1 aromatic carbocycles. The average molecular weight is 288 g/mol. The second kappa shape index (κ2) is 5.82. The quantitative estimate of drug-likeness (QED) is 0.919. The molecule has 1 aromatic heterocycles. The van der Waals surface area contributed by atoms with Crippen molar-refractivity contribution in [1.29, 1.82) is 0 Å². The van der Waals surface area contributed by atoms with Gasteiger partial charge < -0.3 is 14.4 Å². The number of aromatic nitrogens is 3. The highest BCUT2D eigenvalue weighted by atomic mass is 16.5. The van der Waals surface area contributed by atoms with Gasteiger partial charge in [0.05, 0.1) is 19.8 Å². The molecule has 1 N–H and O–H groups in total. The molecule has 3 rings (SSSR count). The highest BCUT2D eigenvalue weighted by Gasteiger charge is 2.17. The minimum atomic E-state index is -0.109. The second-order valence-electron chi connectivity index (χ2n) is 4.81. The first-order valence-electron chi connectivity index (χ1n) is 6.73. The van der Waals surface area contributed by atoms with E-state index in [1.165, 1.54) is 6.33 Å². The lowest BCUT2D eigenvalue weighted by Crippen LogP contribution is -2.26. The highest BCUT2D eigenvalue weighted by Crippen LogP contribution is 2.30. The summed E-state index contributed by atoms with van der Waals surface area (Å²) in [4.78, 5) is 18.0. The molecule has 21 heavy (non-hydrogen) atoms. The van der Waals surface area contributed by atoms with Gasteiger partial charge in [-0.3, -0.25) is 9.89 Å². The minimum Gasteiger partial charge on any atom is -0.490 e. The van der Waals surface area contributed by atoms with Crippen LogP contribution >= 0.6 is 0 Å². The number of H-pyrrole nitrogens is 1. The largest absolute Gasteiger partial charge is 0.490 e. The first kappa shape index (κ1) is 13.4. The predicted octanol–water partition coefficient (Wildman–Crippen LogP) is 1.24. The molecule has 0 fully saturated rings. The Morgan fingerprint density at radius 2 is 2.14 bits per heavy atom. The van der Waals surface area contributed by atoms with Crippen LogP contribution in [0.3, 0.4) is 0 Å². The van der Waals surface area contributed by atoms with Crippen LogP contribution in [0.15, 0.2) is 24.5 Å². The number of nitrogens with zero attached hydrogens (tertiary/aromatic N) is 3. The number of hydrogen-bond acceptors (Lipinski definition) is 5. The van der Waals surface area contributed by atoms with E-state index in [-0.39, 0.29) is 5.91 Å². The topological polar surface area (TPSA) is 80.3 Å².